The number of hydrogen-bond acceptors (Lipinski definition) is 4. The first-order chi connectivity index (χ1) is 7.43. The van der Waals surface area contributed by atoms with Gasteiger partial charge in [0.05, 0.1) is 13.2 Å². The molecule has 0 radical (unpaired) electrons. The van der Waals surface area contributed by atoms with Crippen LogP contribution < -0.4 is 10.6 Å². The summed E-state index contributed by atoms with van der Waals surface area (Å²) in [6.45, 7) is 6.51. The fourth-order valence-corrected chi connectivity index (χ4v) is 1.15. The van der Waals surface area contributed by atoms with Crippen molar-refractivity contribution in [3.63, 3.8) is 0 Å². The van der Waals surface area contributed by atoms with Crippen LogP contribution in [-0.2, 0) is 4.79 Å². The van der Waals surface area contributed by atoms with Gasteiger partial charge in [-0.05, 0) is 13.8 Å². The third-order valence-electron chi connectivity index (χ3n) is 2.29. The Balaban J connectivity index is 3.63. The molecule has 0 aromatic rings. The van der Waals surface area contributed by atoms with Crippen molar-refractivity contribution in [1.29, 1.82) is 0 Å². The Morgan fingerprint density at radius 3 is 2.31 bits per heavy atom. The average molecular weight is 232 g/mol. The predicted octanol–water partition coefficient (Wildman–Crippen LogP) is -0.518. The molecule has 0 heterocycles. The molecule has 1 amide bonds. The number of nitrogens with one attached hydrogen (secondary N) is 2. The van der Waals surface area contributed by atoms with Crippen molar-refractivity contribution in [3.05, 3.63) is 0 Å². The highest BCUT2D eigenvalue weighted by Crippen LogP contribution is 2.11. The molecule has 0 atom stereocenters. The molecule has 0 unspecified atom stereocenters. The van der Waals surface area contributed by atoms with Gasteiger partial charge >= 0.3 is 0 Å². The minimum atomic E-state index is -0.519. The number of rotatable bonds is 8. The van der Waals surface area contributed by atoms with E-state index in [0.29, 0.717) is 19.5 Å². The smallest absolute Gasteiger partial charge is 0.221 e. The minimum Gasteiger partial charge on any atom is -0.396 e. The van der Waals surface area contributed by atoms with Crippen LogP contribution in [0.15, 0.2) is 0 Å². The molecule has 4 N–H and O–H groups in total. The van der Waals surface area contributed by atoms with Crippen molar-refractivity contribution in [2.24, 2.45) is 5.41 Å². The Hall–Kier alpha value is -0.650. The van der Waals surface area contributed by atoms with Crippen molar-refractivity contribution < 1.29 is 15.0 Å². The van der Waals surface area contributed by atoms with Gasteiger partial charge < -0.3 is 20.8 Å². The summed E-state index contributed by atoms with van der Waals surface area (Å²) in [5.41, 5.74) is -0.519. The minimum absolute atomic E-state index is 0.0113. The third kappa shape index (κ3) is 6.76. The molecule has 0 bridgehead atoms. The number of hydrogen-bond donors (Lipinski definition) is 4. The second-order valence-corrected chi connectivity index (χ2v) is 4.78. The molecule has 0 fully saturated rings. The van der Waals surface area contributed by atoms with Gasteiger partial charge in [0.15, 0.2) is 0 Å². The van der Waals surface area contributed by atoms with Crippen LogP contribution in [0.4, 0.5) is 0 Å². The lowest BCUT2D eigenvalue weighted by Gasteiger charge is -2.24. The van der Waals surface area contributed by atoms with E-state index in [-0.39, 0.29) is 25.2 Å². The number of carbonyl (C=O) groups is 1. The van der Waals surface area contributed by atoms with Gasteiger partial charge in [-0.25, -0.2) is 0 Å². The van der Waals surface area contributed by atoms with E-state index >= 15 is 0 Å². The fraction of sp³-hybridized carbons (Fsp3) is 0.909. The van der Waals surface area contributed by atoms with E-state index in [2.05, 4.69) is 10.6 Å². The molecular formula is C11H24N2O3. The third-order valence-corrected chi connectivity index (χ3v) is 2.29. The summed E-state index contributed by atoms with van der Waals surface area (Å²) >= 11 is 0. The highest BCUT2D eigenvalue weighted by atomic mass is 16.3. The molecule has 0 aromatic carbocycles. The van der Waals surface area contributed by atoms with Gasteiger partial charge in [0.2, 0.25) is 5.91 Å². The average Bonchev–Trinajstić information content (AvgIpc) is 2.23. The van der Waals surface area contributed by atoms with E-state index in [0.717, 1.165) is 0 Å². The van der Waals surface area contributed by atoms with Crippen LogP contribution in [0, 0.1) is 5.41 Å². The summed E-state index contributed by atoms with van der Waals surface area (Å²) in [4.78, 5) is 11.3. The molecule has 0 aliphatic heterocycles. The predicted molar refractivity (Wildman–Crippen MR) is 63.0 cm³/mol. The van der Waals surface area contributed by atoms with Gasteiger partial charge in [-0.3, -0.25) is 4.79 Å². The molecule has 0 rings (SSSR count). The van der Waals surface area contributed by atoms with E-state index in [1.165, 1.54) is 0 Å². The van der Waals surface area contributed by atoms with E-state index in [9.17, 15) is 4.79 Å². The molecule has 0 aromatic heterocycles. The zero-order valence-electron chi connectivity index (χ0n) is 10.4. The normalized spacial score (nSPS) is 11.9. The van der Waals surface area contributed by atoms with Crippen LogP contribution in [0.1, 0.15) is 27.2 Å². The van der Waals surface area contributed by atoms with Crippen LogP contribution in [0.2, 0.25) is 0 Å². The van der Waals surface area contributed by atoms with Gasteiger partial charge in [0.25, 0.3) is 0 Å². The van der Waals surface area contributed by atoms with Gasteiger partial charge in [-0.15, -0.1) is 0 Å². The number of aliphatic hydroxyl groups excluding tert-OH is 2. The summed E-state index contributed by atoms with van der Waals surface area (Å²) in [5.74, 6) is 0.0113. The molecule has 96 valence electrons. The first-order valence-electron chi connectivity index (χ1n) is 5.65. The van der Waals surface area contributed by atoms with Gasteiger partial charge in [-0.1, -0.05) is 6.92 Å². The highest BCUT2D eigenvalue weighted by Gasteiger charge is 2.21. The summed E-state index contributed by atoms with van der Waals surface area (Å²) < 4.78 is 0. The van der Waals surface area contributed by atoms with E-state index in [1.54, 1.807) is 6.92 Å². The molecule has 0 saturated carbocycles. The lowest BCUT2D eigenvalue weighted by atomic mass is 9.93. The number of carbonyl (C=O) groups excluding carboxylic acids is 1. The van der Waals surface area contributed by atoms with Crippen molar-refractivity contribution >= 4 is 5.91 Å². The molecule has 16 heavy (non-hydrogen) atoms. The first kappa shape index (κ1) is 15.3. The van der Waals surface area contributed by atoms with Crippen LogP contribution in [0.25, 0.3) is 0 Å². The number of amides is 1. The maximum Gasteiger partial charge on any atom is 0.221 e. The van der Waals surface area contributed by atoms with E-state index in [1.807, 2.05) is 13.8 Å². The lowest BCUT2D eigenvalue weighted by molar-refractivity contribution is -0.121. The molecule has 0 aliphatic rings. The standard InChI is InChI=1S/C11H24N2O3/c1-9(2)13-10(16)4-5-12-6-11(3,7-14)8-15/h9,12,14-15H,4-8H2,1-3H3,(H,13,16). The lowest BCUT2D eigenvalue weighted by Crippen LogP contribution is -2.39. The van der Waals surface area contributed by atoms with E-state index < -0.39 is 5.41 Å². The van der Waals surface area contributed by atoms with Crippen LogP contribution in [-0.4, -0.2) is 48.5 Å². The van der Waals surface area contributed by atoms with Crippen LogP contribution >= 0.6 is 0 Å². The monoisotopic (exact) mass is 232 g/mol. The van der Waals surface area contributed by atoms with Gasteiger partial charge in [0, 0.05) is 31.0 Å². The Bertz CT molecular complexity index is 203. The Kier molecular flexibility index (Phi) is 7.29. The first-order valence-corrected chi connectivity index (χ1v) is 5.65. The van der Waals surface area contributed by atoms with Crippen molar-refractivity contribution in [2.45, 2.75) is 33.2 Å². The second-order valence-electron chi connectivity index (χ2n) is 4.78. The largest absolute Gasteiger partial charge is 0.396 e. The summed E-state index contributed by atoms with van der Waals surface area (Å²) in [5, 5.41) is 23.9. The maximum atomic E-state index is 11.3. The molecule has 0 aliphatic carbocycles. The molecule has 0 spiro atoms. The topological polar surface area (TPSA) is 81.6 Å². The fourth-order valence-electron chi connectivity index (χ4n) is 1.15. The van der Waals surface area contributed by atoms with Crippen LogP contribution in [0.5, 0.6) is 0 Å². The number of aliphatic hydroxyl groups is 2. The molecule has 0 saturated heterocycles. The summed E-state index contributed by atoms with van der Waals surface area (Å²) in [6.07, 6.45) is 0.408. The molecular weight excluding hydrogens is 208 g/mol. The molecule has 5 nitrogen and oxygen atoms in total. The van der Waals surface area contributed by atoms with Crippen molar-refractivity contribution in [3.8, 4) is 0 Å². The Labute approximate surface area is 97.2 Å². The zero-order chi connectivity index (χ0) is 12.6. The maximum absolute atomic E-state index is 11.3. The van der Waals surface area contributed by atoms with Crippen molar-refractivity contribution in [1.82, 2.24) is 10.6 Å². The zero-order valence-corrected chi connectivity index (χ0v) is 10.4. The van der Waals surface area contributed by atoms with E-state index in [4.69, 9.17) is 10.2 Å². The Morgan fingerprint density at radius 1 is 1.31 bits per heavy atom. The van der Waals surface area contributed by atoms with Crippen molar-refractivity contribution in [2.75, 3.05) is 26.3 Å². The quantitative estimate of drug-likeness (QED) is 0.425. The molecule has 5 heteroatoms. The summed E-state index contributed by atoms with van der Waals surface area (Å²) in [7, 11) is 0. The SMILES string of the molecule is CC(C)NC(=O)CCNCC(C)(CO)CO. The van der Waals surface area contributed by atoms with Gasteiger partial charge in [0.1, 0.15) is 0 Å². The second kappa shape index (κ2) is 7.60. The van der Waals surface area contributed by atoms with Crippen LogP contribution in [0.3, 0.4) is 0 Å². The Morgan fingerprint density at radius 2 is 1.88 bits per heavy atom. The highest BCUT2D eigenvalue weighted by molar-refractivity contribution is 5.76. The summed E-state index contributed by atoms with van der Waals surface area (Å²) in [6, 6.07) is 0.160. The van der Waals surface area contributed by atoms with Gasteiger partial charge in [-0.2, -0.15) is 0 Å².